The zero-order valence-corrected chi connectivity index (χ0v) is 13.3. The summed E-state index contributed by atoms with van der Waals surface area (Å²) in [6, 6.07) is 7.42. The van der Waals surface area contributed by atoms with Crippen LogP contribution in [0.3, 0.4) is 0 Å². The maximum atomic E-state index is 11.9. The molecular formula is C13H17Br2NO. The van der Waals surface area contributed by atoms with Gasteiger partial charge in [0.15, 0.2) is 0 Å². The second-order valence-electron chi connectivity index (χ2n) is 4.80. The smallest absolute Gasteiger partial charge is 0.251 e. The van der Waals surface area contributed by atoms with E-state index >= 15 is 0 Å². The predicted molar refractivity (Wildman–Crippen MR) is 78.7 cm³/mol. The molecular weight excluding hydrogens is 346 g/mol. The lowest BCUT2D eigenvalue weighted by atomic mass is 9.90. The van der Waals surface area contributed by atoms with Crippen LogP contribution in [0.25, 0.3) is 0 Å². The summed E-state index contributed by atoms with van der Waals surface area (Å²) in [5.74, 6) is -0.0195. The highest BCUT2D eigenvalue weighted by Crippen LogP contribution is 2.20. The Bertz CT molecular complexity index is 391. The molecule has 0 heterocycles. The van der Waals surface area contributed by atoms with E-state index in [1.807, 2.05) is 24.3 Å². The highest BCUT2D eigenvalue weighted by Gasteiger charge is 2.18. The third-order valence-electron chi connectivity index (χ3n) is 2.59. The minimum Gasteiger partial charge on any atom is -0.352 e. The van der Waals surface area contributed by atoms with Gasteiger partial charge in [-0.05, 0) is 30.0 Å². The molecule has 0 aliphatic heterocycles. The molecule has 4 heteroatoms. The van der Waals surface area contributed by atoms with Gasteiger partial charge in [-0.1, -0.05) is 51.8 Å². The van der Waals surface area contributed by atoms with Gasteiger partial charge in [-0.15, -0.1) is 0 Å². The summed E-state index contributed by atoms with van der Waals surface area (Å²) < 4.78 is 0.921. The topological polar surface area (TPSA) is 29.1 Å². The molecule has 0 saturated heterocycles. The number of hydrogen-bond acceptors (Lipinski definition) is 1. The van der Waals surface area contributed by atoms with Crippen molar-refractivity contribution in [3.8, 4) is 0 Å². The van der Waals surface area contributed by atoms with Gasteiger partial charge in [-0.3, -0.25) is 4.79 Å². The van der Waals surface area contributed by atoms with Crippen LogP contribution in [0.5, 0.6) is 0 Å². The number of alkyl halides is 1. The maximum Gasteiger partial charge on any atom is 0.251 e. The van der Waals surface area contributed by atoms with Crippen LogP contribution < -0.4 is 5.32 Å². The van der Waals surface area contributed by atoms with E-state index in [0.29, 0.717) is 12.1 Å². The molecule has 1 amide bonds. The van der Waals surface area contributed by atoms with Crippen molar-refractivity contribution >= 4 is 37.8 Å². The fourth-order valence-electron chi connectivity index (χ4n) is 1.40. The van der Waals surface area contributed by atoms with Crippen LogP contribution in [0.1, 0.15) is 30.6 Å². The van der Waals surface area contributed by atoms with Crippen molar-refractivity contribution in [3.05, 3.63) is 34.3 Å². The van der Waals surface area contributed by atoms with Crippen LogP contribution in [-0.2, 0) is 0 Å². The van der Waals surface area contributed by atoms with E-state index in [1.54, 1.807) is 0 Å². The standard InChI is InChI=1S/C13H17Br2NO/c1-13(2,6-7-14)9-16-12(17)10-4-3-5-11(15)8-10/h3-5,8H,6-7,9H2,1-2H3,(H,16,17). The summed E-state index contributed by atoms with van der Waals surface area (Å²) in [7, 11) is 0. The van der Waals surface area contributed by atoms with E-state index in [4.69, 9.17) is 0 Å². The number of rotatable bonds is 5. The second kappa shape index (κ2) is 6.55. The molecule has 2 nitrogen and oxygen atoms in total. The van der Waals surface area contributed by atoms with Crippen molar-refractivity contribution in [3.63, 3.8) is 0 Å². The third kappa shape index (κ3) is 5.21. The second-order valence-corrected chi connectivity index (χ2v) is 6.50. The van der Waals surface area contributed by atoms with Gasteiger partial charge < -0.3 is 5.32 Å². The fourth-order valence-corrected chi connectivity index (χ4v) is 2.87. The molecule has 17 heavy (non-hydrogen) atoms. The number of benzene rings is 1. The van der Waals surface area contributed by atoms with Crippen LogP contribution in [0.4, 0.5) is 0 Å². The molecule has 0 unspecified atom stereocenters. The van der Waals surface area contributed by atoms with Crippen molar-refractivity contribution in [2.75, 3.05) is 11.9 Å². The molecule has 94 valence electrons. The molecule has 1 N–H and O–H groups in total. The molecule has 1 aromatic carbocycles. The summed E-state index contributed by atoms with van der Waals surface area (Å²) in [6.07, 6.45) is 1.03. The van der Waals surface area contributed by atoms with Crippen LogP contribution in [0.15, 0.2) is 28.7 Å². The molecule has 1 aromatic rings. The predicted octanol–water partition coefficient (Wildman–Crippen LogP) is 3.99. The van der Waals surface area contributed by atoms with Crippen molar-refractivity contribution in [2.45, 2.75) is 20.3 Å². The van der Waals surface area contributed by atoms with Crippen molar-refractivity contribution in [1.82, 2.24) is 5.32 Å². The van der Waals surface area contributed by atoms with E-state index in [1.165, 1.54) is 0 Å². The first-order valence-corrected chi connectivity index (χ1v) is 7.46. The SMILES string of the molecule is CC(C)(CCBr)CNC(=O)c1cccc(Br)c1. The molecule has 0 spiro atoms. The normalized spacial score (nSPS) is 11.3. The Morgan fingerprint density at radius 3 is 2.71 bits per heavy atom. The third-order valence-corrected chi connectivity index (χ3v) is 3.48. The lowest BCUT2D eigenvalue weighted by molar-refractivity contribution is 0.0936. The fraction of sp³-hybridized carbons (Fsp3) is 0.462. The van der Waals surface area contributed by atoms with Gasteiger partial charge in [0.2, 0.25) is 0 Å². The van der Waals surface area contributed by atoms with Gasteiger partial charge in [0, 0.05) is 21.9 Å². The zero-order valence-electron chi connectivity index (χ0n) is 10.1. The van der Waals surface area contributed by atoms with E-state index < -0.39 is 0 Å². The molecule has 0 saturated carbocycles. The van der Waals surface area contributed by atoms with Gasteiger partial charge >= 0.3 is 0 Å². The number of amides is 1. The molecule has 0 fully saturated rings. The van der Waals surface area contributed by atoms with Crippen molar-refractivity contribution in [2.24, 2.45) is 5.41 Å². The van der Waals surface area contributed by atoms with E-state index in [2.05, 4.69) is 51.0 Å². The first-order valence-electron chi connectivity index (χ1n) is 5.54. The molecule has 0 aliphatic rings. The number of carbonyl (C=O) groups excluding carboxylic acids is 1. The van der Waals surface area contributed by atoms with Gasteiger partial charge in [0.25, 0.3) is 5.91 Å². The summed E-state index contributed by atoms with van der Waals surface area (Å²) >= 11 is 6.79. The van der Waals surface area contributed by atoms with Gasteiger partial charge in [-0.25, -0.2) is 0 Å². The minimum atomic E-state index is -0.0195. The molecule has 0 aliphatic carbocycles. The molecule has 1 rings (SSSR count). The largest absolute Gasteiger partial charge is 0.352 e. The van der Waals surface area contributed by atoms with Crippen molar-refractivity contribution in [1.29, 1.82) is 0 Å². The summed E-state index contributed by atoms with van der Waals surface area (Å²) in [6.45, 7) is 4.98. The van der Waals surface area contributed by atoms with Gasteiger partial charge in [-0.2, -0.15) is 0 Å². The Labute approximate surface area is 119 Å². The average Bonchev–Trinajstić information content (AvgIpc) is 2.26. The van der Waals surface area contributed by atoms with Gasteiger partial charge in [0.05, 0.1) is 0 Å². The first kappa shape index (κ1) is 14.7. The van der Waals surface area contributed by atoms with Crippen LogP contribution >= 0.6 is 31.9 Å². The maximum absolute atomic E-state index is 11.9. The Balaban J connectivity index is 2.56. The molecule has 0 bridgehead atoms. The van der Waals surface area contributed by atoms with Crippen LogP contribution in [0.2, 0.25) is 0 Å². The minimum absolute atomic E-state index is 0.0195. The van der Waals surface area contributed by atoms with E-state index in [9.17, 15) is 4.79 Å². The zero-order chi connectivity index (χ0) is 12.9. The Morgan fingerprint density at radius 1 is 1.41 bits per heavy atom. The lowest BCUT2D eigenvalue weighted by Gasteiger charge is -2.23. The average molecular weight is 363 g/mol. The Kier molecular flexibility index (Phi) is 5.67. The van der Waals surface area contributed by atoms with Crippen LogP contribution in [-0.4, -0.2) is 17.8 Å². The Morgan fingerprint density at radius 2 is 2.12 bits per heavy atom. The highest BCUT2D eigenvalue weighted by atomic mass is 79.9. The van der Waals surface area contributed by atoms with Crippen molar-refractivity contribution < 1.29 is 4.79 Å². The van der Waals surface area contributed by atoms with E-state index in [0.717, 1.165) is 16.2 Å². The van der Waals surface area contributed by atoms with Crippen LogP contribution in [0, 0.1) is 5.41 Å². The number of halogens is 2. The van der Waals surface area contributed by atoms with E-state index in [-0.39, 0.29) is 11.3 Å². The Hall–Kier alpha value is -0.350. The molecule has 0 aromatic heterocycles. The quantitative estimate of drug-likeness (QED) is 0.788. The molecule has 0 atom stereocenters. The first-order chi connectivity index (χ1) is 7.94. The number of nitrogens with one attached hydrogen (secondary N) is 1. The number of hydrogen-bond donors (Lipinski definition) is 1. The summed E-state index contributed by atoms with van der Waals surface area (Å²) in [4.78, 5) is 11.9. The summed E-state index contributed by atoms with van der Waals surface area (Å²) in [5.41, 5.74) is 0.805. The lowest BCUT2D eigenvalue weighted by Crippen LogP contribution is -2.34. The summed E-state index contributed by atoms with van der Waals surface area (Å²) in [5, 5.41) is 3.92. The number of carbonyl (C=O) groups is 1. The highest BCUT2D eigenvalue weighted by molar-refractivity contribution is 9.10. The monoisotopic (exact) mass is 361 g/mol. The van der Waals surface area contributed by atoms with Gasteiger partial charge in [0.1, 0.15) is 0 Å². The molecule has 0 radical (unpaired) electrons.